The summed E-state index contributed by atoms with van der Waals surface area (Å²) >= 11 is 0. The van der Waals surface area contributed by atoms with Gasteiger partial charge >= 0.3 is 0 Å². The molecule has 2 heteroatoms. The lowest BCUT2D eigenvalue weighted by atomic mass is 9.83. The summed E-state index contributed by atoms with van der Waals surface area (Å²) in [5, 5.41) is 0. The first-order chi connectivity index (χ1) is 5.97. The highest BCUT2D eigenvalue weighted by molar-refractivity contribution is 5.32. The van der Waals surface area contributed by atoms with Crippen LogP contribution in [0.5, 0.6) is 0 Å². The molecule has 1 aromatic heterocycles. The molecule has 0 radical (unpaired) electrons. The summed E-state index contributed by atoms with van der Waals surface area (Å²) in [5.74, 6) is 0. The molecule has 0 saturated heterocycles. The van der Waals surface area contributed by atoms with Crippen LogP contribution < -0.4 is 5.56 Å². The Kier molecular flexibility index (Phi) is 2.41. The van der Waals surface area contributed by atoms with E-state index in [1.807, 2.05) is 13.0 Å². The number of aryl methyl sites for hydroxylation is 1. The Morgan fingerprint density at radius 1 is 1.54 bits per heavy atom. The lowest BCUT2D eigenvalue weighted by Crippen LogP contribution is -2.18. The number of aromatic amines is 1. The molecule has 1 aromatic rings. The maximum Gasteiger partial charge on any atom is 0.248 e. The monoisotopic (exact) mass is 177 g/mol. The number of nitrogens with one attached hydrogen (secondary N) is 1. The van der Waals surface area contributed by atoms with E-state index in [1.165, 1.54) is 0 Å². The fourth-order valence-corrected chi connectivity index (χ4v) is 1.38. The van der Waals surface area contributed by atoms with Crippen LogP contribution in [0, 0.1) is 6.92 Å². The van der Waals surface area contributed by atoms with Crippen LogP contribution in [0.4, 0.5) is 0 Å². The van der Waals surface area contributed by atoms with Crippen molar-refractivity contribution in [3.05, 3.63) is 46.4 Å². The second-order valence-electron chi connectivity index (χ2n) is 3.82. The minimum atomic E-state index is -0.0890. The molecule has 1 rings (SSSR count). The smallest absolute Gasteiger partial charge is 0.248 e. The van der Waals surface area contributed by atoms with Crippen molar-refractivity contribution >= 4 is 0 Å². The van der Waals surface area contributed by atoms with Gasteiger partial charge in [0.2, 0.25) is 5.56 Å². The van der Waals surface area contributed by atoms with Gasteiger partial charge in [0.1, 0.15) is 0 Å². The Morgan fingerprint density at radius 2 is 2.15 bits per heavy atom. The molecular weight excluding hydrogens is 162 g/mol. The van der Waals surface area contributed by atoms with Crippen molar-refractivity contribution in [1.82, 2.24) is 4.98 Å². The van der Waals surface area contributed by atoms with Gasteiger partial charge in [-0.05, 0) is 18.1 Å². The predicted molar refractivity (Wildman–Crippen MR) is 55.0 cm³/mol. The molecule has 0 aliphatic carbocycles. The van der Waals surface area contributed by atoms with Gasteiger partial charge in [-0.1, -0.05) is 19.9 Å². The van der Waals surface area contributed by atoms with Gasteiger partial charge in [-0.3, -0.25) is 4.79 Å². The quantitative estimate of drug-likeness (QED) is 0.690. The van der Waals surface area contributed by atoms with Gasteiger partial charge < -0.3 is 4.98 Å². The molecule has 0 spiro atoms. The number of aromatic nitrogens is 1. The van der Waals surface area contributed by atoms with Crippen molar-refractivity contribution in [1.29, 1.82) is 0 Å². The van der Waals surface area contributed by atoms with E-state index in [2.05, 4.69) is 25.4 Å². The van der Waals surface area contributed by atoms with Crippen LogP contribution >= 0.6 is 0 Å². The van der Waals surface area contributed by atoms with E-state index in [-0.39, 0.29) is 11.0 Å². The molecular formula is C11H15NO. The average molecular weight is 177 g/mol. The van der Waals surface area contributed by atoms with Crippen LogP contribution in [0.1, 0.15) is 25.0 Å². The highest BCUT2D eigenvalue weighted by Crippen LogP contribution is 2.25. The first kappa shape index (κ1) is 9.78. The molecule has 70 valence electrons. The van der Waals surface area contributed by atoms with E-state index in [1.54, 1.807) is 12.3 Å². The summed E-state index contributed by atoms with van der Waals surface area (Å²) in [5.41, 5.74) is 1.98. The van der Waals surface area contributed by atoms with E-state index < -0.39 is 0 Å². The number of hydrogen-bond acceptors (Lipinski definition) is 1. The number of hydrogen-bond donors (Lipinski definition) is 1. The van der Waals surface area contributed by atoms with Gasteiger partial charge in [0.25, 0.3) is 0 Å². The summed E-state index contributed by atoms with van der Waals surface area (Å²) in [7, 11) is 0. The molecule has 13 heavy (non-hydrogen) atoms. The SMILES string of the molecule is C=CC(C)(C)c1c[nH]c(=O)cc1C. The van der Waals surface area contributed by atoms with Crippen LogP contribution in [0.2, 0.25) is 0 Å². The van der Waals surface area contributed by atoms with Crippen LogP contribution in [-0.2, 0) is 5.41 Å². The summed E-state index contributed by atoms with van der Waals surface area (Å²) in [6.45, 7) is 9.86. The minimum absolute atomic E-state index is 0.0545. The van der Waals surface area contributed by atoms with E-state index in [4.69, 9.17) is 0 Å². The van der Waals surface area contributed by atoms with Gasteiger partial charge in [-0.2, -0.15) is 0 Å². The van der Waals surface area contributed by atoms with Gasteiger partial charge in [0, 0.05) is 17.7 Å². The fourth-order valence-electron chi connectivity index (χ4n) is 1.38. The maximum absolute atomic E-state index is 11.0. The van der Waals surface area contributed by atoms with Gasteiger partial charge in [-0.15, -0.1) is 6.58 Å². The van der Waals surface area contributed by atoms with Crippen LogP contribution in [-0.4, -0.2) is 4.98 Å². The van der Waals surface area contributed by atoms with E-state index in [9.17, 15) is 4.79 Å². The Balaban J connectivity index is 3.31. The van der Waals surface area contributed by atoms with Gasteiger partial charge in [0.15, 0.2) is 0 Å². The second kappa shape index (κ2) is 3.21. The summed E-state index contributed by atoms with van der Waals surface area (Å²) in [4.78, 5) is 13.7. The molecule has 0 fully saturated rings. The number of rotatable bonds is 2. The van der Waals surface area contributed by atoms with Crippen molar-refractivity contribution in [3.63, 3.8) is 0 Å². The average Bonchev–Trinajstić information content (AvgIpc) is 2.03. The summed E-state index contributed by atoms with van der Waals surface area (Å²) in [6, 6.07) is 1.61. The zero-order valence-corrected chi connectivity index (χ0v) is 8.35. The third-order valence-electron chi connectivity index (χ3n) is 2.34. The van der Waals surface area contributed by atoms with Crippen LogP contribution in [0.25, 0.3) is 0 Å². The lowest BCUT2D eigenvalue weighted by Gasteiger charge is -2.21. The Hall–Kier alpha value is -1.31. The zero-order chi connectivity index (χ0) is 10.1. The Bertz CT molecular complexity index is 374. The maximum atomic E-state index is 11.0. The molecule has 0 bridgehead atoms. The molecule has 0 saturated carbocycles. The molecule has 0 unspecified atom stereocenters. The molecule has 2 nitrogen and oxygen atoms in total. The first-order valence-electron chi connectivity index (χ1n) is 4.31. The van der Waals surface area contributed by atoms with E-state index in [0.717, 1.165) is 11.1 Å². The molecule has 1 N–H and O–H groups in total. The highest BCUT2D eigenvalue weighted by Gasteiger charge is 2.18. The molecule has 0 amide bonds. The largest absolute Gasteiger partial charge is 0.329 e. The molecule has 0 aromatic carbocycles. The first-order valence-corrected chi connectivity index (χ1v) is 4.31. The zero-order valence-electron chi connectivity index (χ0n) is 8.35. The molecule has 0 atom stereocenters. The summed E-state index contributed by atoms with van der Waals surface area (Å²) < 4.78 is 0. The van der Waals surface area contributed by atoms with Crippen molar-refractivity contribution < 1.29 is 0 Å². The highest BCUT2D eigenvalue weighted by atomic mass is 16.1. The fraction of sp³-hybridized carbons (Fsp3) is 0.364. The molecule has 0 aliphatic rings. The third-order valence-corrected chi connectivity index (χ3v) is 2.34. The van der Waals surface area contributed by atoms with E-state index in [0.29, 0.717) is 0 Å². The Morgan fingerprint density at radius 3 is 2.62 bits per heavy atom. The molecule has 1 heterocycles. The predicted octanol–water partition coefficient (Wildman–Crippen LogP) is 2.15. The summed E-state index contributed by atoms with van der Waals surface area (Å²) in [6.07, 6.45) is 3.65. The lowest BCUT2D eigenvalue weighted by molar-refractivity contribution is 0.661. The number of H-pyrrole nitrogens is 1. The standard InChI is InChI=1S/C11H15NO/c1-5-11(3,4)9-7-12-10(13)6-8(9)2/h5-7H,1H2,2-4H3,(H,12,13). The van der Waals surface area contributed by atoms with Crippen molar-refractivity contribution in [2.24, 2.45) is 0 Å². The van der Waals surface area contributed by atoms with Gasteiger partial charge in [-0.25, -0.2) is 0 Å². The Labute approximate surface area is 78.3 Å². The normalized spacial score (nSPS) is 11.3. The number of pyridine rings is 1. The van der Waals surface area contributed by atoms with Crippen molar-refractivity contribution in [2.75, 3.05) is 0 Å². The van der Waals surface area contributed by atoms with E-state index >= 15 is 0 Å². The number of allylic oxidation sites excluding steroid dienone is 1. The second-order valence-corrected chi connectivity index (χ2v) is 3.82. The van der Waals surface area contributed by atoms with Crippen LogP contribution in [0.3, 0.4) is 0 Å². The topological polar surface area (TPSA) is 32.9 Å². The molecule has 0 aliphatic heterocycles. The van der Waals surface area contributed by atoms with Gasteiger partial charge in [0.05, 0.1) is 0 Å². The minimum Gasteiger partial charge on any atom is -0.329 e. The van der Waals surface area contributed by atoms with Crippen molar-refractivity contribution in [3.8, 4) is 0 Å². The van der Waals surface area contributed by atoms with Crippen molar-refractivity contribution in [2.45, 2.75) is 26.2 Å². The third kappa shape index (κ3) is 1.89. The van der Waals surface area contributed by atoms with Crippen LogP contribution in [0.15, 0.2) is 29.7 Å².